The van der Waals surface area contributed by atoms with Crippen molar-refractivity contribution < 1.29 is 4.21 Å². The Morgan fingerprint density at radius 3 is 2.90 bits per heavy atom. The number of anilines is 1. The predicted molar refractivity (Wildman–Crippen MR) is 78.5 cm³/mol. The van der Waals surface area contributed by atoms with E-state index in [-0.39, 0.29) is 0 Å². The van der Waals surface area contributed by atoms with Gasteiger partial charge in [0, 0.05) is 12.4 Å². The minimum atomic E-state index is -1.25. The van der Waals surface area contributed by atoms with Crippen molar-refractivity contribution in [1.29, 1.82) is 0 Å². The predicted octanol–water partition coefficient (Wildman–Crippen LogP) is 2.28. The lowest BCUT2D eigenvalue weighted by atomic mass is 10.3. The first kappa shape index (κ1) is 13.3. The lowest BCUT2D eigenvalue weighted by Gasteiger charge is -2.08. The van der Waals surface area contributed by atoms with Crippen molar-refractivity contribution in [3.63, 3.8) is 0 Å². The first-order valence-corrected chi connectivity index (χ1v) is 8.19. The molecule has 6 heteroatoms. The average Bonchev–Trinajstić information content (AvgIpc) is 3.09. The maximum Gasteiger partial charge on any atom is 0.150 e. The minimum absolute atomic E-state index is 0.362. The molecule has 1 atom stereocenters. The van der Waals surface area contributed by atoms with Gasteiger partial charge in [0.05, 0.1) is 34.0 Å². The summed E-state index contributed by atoms with van der Waals surface area (Å²) in [5.74, 6) is 0.362. The van der Waals surface area contributed by atoms with Crippen LogP contribution in [0, 0.1) is 0 Å². The van der Waals surface area contributed by atoms with Crippen molar-refractivity contribution in [1.82, 2.24) is 14.8 Å². The Morgan fingerprint density at radius 1 is 1.35 bits per heavy atom. The van der Waals surface area contributed by atoms with Crippen LogP contribution < -0.4 is 5.73 Å². The van der Waals surface area contributed by atoms with E-state index in [1.165, 1.54) is 25.7 Å². The summed E-state index contributed by atoms with van der Waals surface area (Å²) < 4.78 is 14.3. The first-order chi connectivity index (χ1) is 9.74. The van der Waals surface area contributed by atoms with Gasteiger partial charge in [-0.25, -0.2) is 4.98 Å². The molecule has 1 fully saturated rings. The van der Waals surface area contributed by atoms with E-state index in [0.717, 1.165) is 5.69 Å². The second-order valence-electron chi connectivity index (χ2n) is 5.11. The molecule has 0 radical (unpaired) electrons. The number of rotatable bonds is 4. The molecule has 0 saturated heterocycles. The molecule has 2 heterocycles. The number of hydrogen-bond acceptors (Lipinski definition) is 4. The summed E-state index contributed by atoms with van der Waals surface area (Å²) in [6.07, 6.45) is 8.53. The average molecular weight is 290 g/mol. The number of nitrogens with two attached hydrogens (primary N) is 1. The number of nitrogens with zero attached hydrogens (tertiary/aromatic N) is 3. The smallest absolute Gasteiger partial charge is 0.150 e. The normalized spacial score (nSPS) is 17.4. The van der Waals surface area contributed by atoms with Crippen LogP contribution in [0.5, 0.6) is 0 Å². The van der Waals surface area contributed by atoms with Crippen LogP contribution in [-0.2, 0) is 16.6 Å². The molecule has 20 heavy (non-hydrogen) atoms. The zero-order valence-electron chi connectivity index (χ0n) is 11.2. The first-order valence-electron chi connectivity index (χ1n) is 6.87. The van der Waals surface area contributed by atoms with Crippen molar-refractivity contribution in [3.8, 4) is 0 Å². The minimum Gasteiger partial charge on any atom is -0.396 e. The summed E-state index contributed by atoms with van der Waals surface area (Å²) >= 11 is 0. The van der Waals surface area contributed by atoms with Gasteiger partial charge >= 0.3 is 0 Å². The zero-order valence-corrected chi connectivity index (χ0v) is 12.1. The molecule has 106 valence electrons. The third-order valence-corrected chi connectivity index (χ3v) is 4.99. The molecule has 1 unspecified atom stereocenters. The van der Waals surface area contributed by atoms with Gasteiger partial charge in [0.15, 0.2) is 0 Å². The number of nitrogen functional groups attached to an aromatic ring is 1. The Kier molecular flexibility index (Phi) is 3.82. The highest BCUT2D eigenvalue weighted by Gasteiger charge is 2.18. The fourth-order valence-corrected chi connectivity index (χ4v) is 3.69. The highest BCUT2D eigenvalue weighted by Crippen LogP contribution is 2.28. The maximum atomic E-state index is 12.3. The second-order valence-corrected chi connectivity index (χ2v) is 6.48. The van der Waals surface area contributed by atoms with E-state index < -0.39 is 10.8 Å². The van der Waals surface area contributed by atoms with Crippen LogP contribution in [0.15, 0.2) is 35.6 Å². The van der Waals surface area contributed by atoms with E-state index in [9.17, 15) is 4.21 Å². The zero-order chi connectivity index (χ0) is 13.9. The number of hydrogen-bond donors (Lipinski definition) is 1. The molecule has 2 aromatic heterocycles. The van der Waals surface area contributed by atoms with Gasteiger partial charge in [-0.15, -0.1) is 0 Å². The highest BCUT2D eigenvalue weighted by atomic mass is 32.2. The van der Waals surface area contributed by atoms with Crippen LogP contribution in [0.1, 0.15) is 37.4 Å². The van der Waals surface area contributed by atoms with Crippen LogP contribution in [0.2, 0.25) is 0 Å². The summed E-state index contributed by atoms with van der Waals surface area (Å²) in [6.45, 7) is 0. The Balaban J connectivity index is 1.72. The van der Waals surface area contributed by atoms with E-state index in [1.54, 1.807) is 18.3 Å². The van der Waals surface area contributed by atoms with E-state index >= 15 is 0 Å². The summed E-state index contributed by atoms with van der Waals surface area (Å²) in [5.41, 5.74) is 7.11. The number of pyridine rings is 1. The van der Waals surface area contributed by atoms with Crippen LogP contribution in [0.3, 0.4) is 0 Å². The van der Waals surface area contributed by atoms with Crippen LogP contribution in [-0.4, -0.2) is 19.0 Å². The van der Waals surface area contributed by atoms with Gasteiger partial charge in [-0.2, -0.15) is 5.10 Å². The monoisotopic (exact) mass is 290 g/mol. The molecule has 5 nitrogen and oxygen atoms in total. The van der Waals surface area contributed by atoms with Gasteiger partial charge in [0.2, 0.25) is 0 Å². The van der Waals surface area contributed by atoms with E-state index in [2.05, 4.69) is 10.1 Å². The van der Waals surface area contributed by atoms with Crippen molar-refractivity contribution in [2.45, 2.75) is 42.5 Å². The maximum absolute atomic E-state index is 12.3. The molecule has 2 N–H and O–H groups in total. The molecule has 0 bridgehead atoms. The Labute approximate surface area is 120 Å². The van der Waals surface area contributed by atoms with Gasteiger partial charge < -0.3 is 5.73 Å². The number of aromatic nitrogens is 3. The summed E-state index contributed by atoms with van der Waals surface area (Å²) in [7, 11) is -1.25. The standard InChI is InChI=1S/C14H18N4OS/c15-13-6-3-8-16-14(13)20(19)10-11-7-9-18(17-11)12-4-1-2-5-12/h3,6-9,12H,1-2,4-5,10,15H2. The van der Waals surface area contributed by atoms with Crippen LogP contribution in [0.25, 0.3) is 0 Å². The molecule has 0 spiro atoms. The lowest BCUT2D eigenvalue weighted by molar-refractivity contribution is 0.464. The second kappa shape index (κ2) is 5.75. The summed E-state index contributed by atoms with van der Waals surface area (Å²) in [4.78, 5) is 4.10. The summed E-state index contributed by atoms with van der Waals surface area (Å²) in [5, 5.41) is 4.99. The topological polar surface area (TPSA) is 73.8 Å². The van der Waals surface area contributed by atoms with E-state index in [0.29, 0.717) is 22.5 Å². The quantitative estimate of drug-likeness (QED) is 0.937. The Morgan fingerprint density at radius 2 is 2.15 bits per heavy atom. The van der Waals surface area contributed by atoms with E-state index in [4.69, 9.17) is 5.73 Å². The third kappa shape index (κ3) is 2.75. The van der Waals surface area contributed by atoms with Gasteiger partial charge in [-0.05, 0) is 31.0 Å². The van der Waals surface area contributed by atoms with Gasteiger partial charge in [0.1, 0.15) is 5.03 Å². The van der Waals surface area contributed by atoms with Crippen molar-refractivity contribution >= 4 is 16.5 Å². The largest absolute Gasteiger partial charge is 0.396 e. The molecule has 3 rings (SSSR count). The summed E-state index contributed by atoms with van der Waals surface area (Å²) in [6, 6.07) is 5.91. The Bertz CT molecular complexity index is 619. The SMILES string of the molecule is Nc1cccnc1S(=O)Cc1ccn(C2CCCC2)n1. The molecule has 1 aliphatic carbocycles. The third-order valence-electron chi connectivity index (χ3n) is 3.66. The molecule has 0 amide bonds. The lowest BCUT2D eigenvalue weighted by Crippen LogP contribution is -2.07. The van der Waals surface area contributed by atoms with Gasteiger partial charge in [0.25, 0.3) is 0 Å². The molecule has 1 aliphatic rings. The van der Waals surface area contributed by atoms with Gasteiger partial charge in [-0.3, -0.25) is 8.89 Å². The van der Waals surface area contributed by atoms with Crippen molar-refractivity contribution in [2.75, 3.05) is 5.73 Å². The molecule has 0 aliphatic heterocycles. The van der Waals surface area contributed by atoms with Crippen molar-refractivity contribution in [3.05, 3.63) is 36.3 Å². The van der Waals surface area contributed by atoms with Crippen molar-refractivity contribution in [2.24, 2.45) is 0 Å². The fraction of sp³-hybridized carbons (Fsp3) is 0.429. The van der Waals surface area contributed by atoms with Crippen LogP contribution in [0.4, 0.5) is 5.69 Å². The molecular formula is C14H18N4OS. The Hall–Kier alpha value is -1.69. The fourth-order valence-electron chi connectivity index (χ4n) is 2.62. The molecule has 2 aromatic rings. The highest BCUT2D eigenvalue weighted by molar-refractivity contribution is 7.84. The van der Waals surface area contributed by atoms with Gasteiger partial charge in [-0.1, -0.05) is 12.8 Å². The van der Waals surface area contributed by atoms with E-state index in [1.807, 2.05) is 16.9 Å². The molecule has 1 saturated carbocycles. The molecule has 0 aromatic carbocycles. The molecular weight excluding hydrogens is 272 g/mol. The van der Waals surface area contributed by atoms with Crippen LogP contribution >= 0.6 is 0 Å².